The van der Waals surface area contributed by atoms with E-state index in [1.807, 2.05) is 24.3 Å². The second-order valence-electron chi connectivity index (χ2n) is 6.90. The maximum absolute atomic E-state index is 12.7. The van der Waals surface area contributed by atoms with Gasteiger partial charge in [-0.05, 0) is 42.0 Å². The zero-order valence-corrected chi connectivity index (χ0v) is 17.2. The Morgan fingerprint density at radius 2 is 1.66 bits per heavy atom. The number of benzene rings is 2. The SMILES string of the molecule is CCNS(=O)(=O)c1ccc(C(=O)N2CCN(Cc3ccc(C#N)cc3)CC2)cc1. The molecule has 2 aromatic rings. The fourth-order valence-corrected chi connectivity index (χ4v) is 4.33. The van der Waals surface area contributed by atoms with E-state index in [0.717, 1.165) is 25.2 Å². The smallest absolute Gasteiger partial charge is 0.253 e. The summed E-state index contributed by atoms with van der Waals surface area (Å²) in [5.74, 6) is -0.0876. The molecule has 1 aliphatic rings. The first-order chi connectivity index (χ1) is 13.9. The molecular weight excluding hydrogens is 388 g/mol. The van der Waals surface area contributed by atoms with E-state index in [-0.39, 0.29) is 10.8 Å². The van der Waals surface area contributed by atoms with Gasteiger partial charge < -0.3 is 4.90 Å². The summed E-state index contributed by atoms with van der Waals surface area (Å²) in [5.41, 5.74) is 2.27. The molecule has 8 heteroatoms. The fraction of sp³-hybridized carbons (Fsp3) is 0.333. The van der Waals surface area contributed by atoms with E-state index < -0.39 is 10.0 Å². The zero-order chi connectivity index (χ0) is 20.9. The van der Waals surface area contributed by atoms with Crippen molar-refractivity contribution in [2.75, 3.05) is 32.7 Å². The monoisotopic (exact) mass is 412 g/mol. The minimum atomic E-state index is -3.52. The number of amides is 1. The highest BCUT2D eigenvalue weighted by atomic mass is 32.2. The molecule has 1 N–H and O–H groups in total. The summed E-state index contributed by atoms with van der Waals surface area (Å²) in [7, 11) is -3.52. The van der Waals surface area contributed by atoms with Crippen LogP contribution in [0.3, 0.4) is 0 Å². The molecule has 0 saturated carbocycles. The normalized spacial score (nSPS) is 15.1. The van der Waals surface area contributed by atoms with E-state index in [2.05, 4.69) is 15.7 Å². The number of rotatable bonds is 6. The Bertz CT molecular complexity index is 988. The van der Waals surface area contributed by atoms with Gasteiger partial charge in [-0.2, -0.15) is 5.26 Å². The zero-order valence-electron chi connectivity index (χ0n) is 16.3. The van der Waals surface area contributed by atoms with Gasteiger partial charge in [0.05, 0.1) is 16.5 Å². The third-order valence-electron chi connectivity index (χ3n) is 4.89. The van der Waals surface area contributed by atoms with Gasteiger partial charge in [0.2, 0.25) is 10.0 Å². The van der Waals surface area contributed by atoms with Gasteiger partial charge in [-0.1, -0.05) is 19.1 Å². The highest BCUT2D eigenvalue weighted by Gasteiger charge is 2.23. The molecule has 1 amide bonds. The maximum Gasteiger partial charge on any atom is 0.253 e. The molecule has 1 fully saturated rings. The number of nitrogens with zero attached hydrogens (tertiary/aromatic N) is 3. The van der Waals surface area contributed by atoms with Crippen molar-refractivity contribution >= 4 is 15.9 Å². The standard InChI is InChI=1S/C21H24N4O3S/c1-2-23-29(27,28)20-9-7-19(8-10-20)21(26)25-13-11-24(12-14-25)16-18-5-3-17(15-22)4-6-18/h3-10,23H,2,11-14,16H2,1H3. The Labute approximate surface area is 171 Å². The van der Waals surface area contributed by atoms with Crippen molar-refractivity contribution in [3.8, 4) is 6.07 Å². The molecule has 0 aliphatic carbocycles. The van der Waals surface area contributed by atoms with E-state index in [1.54, 1.807) is 24.0 Å². The molecule has 1 aliphatic heterocycles. The first-order valence-electron chi connectivity index (χ1n) is 9.53. The second-order valence-corrected chi connectivity index (χ2v) is 8.67. The van der Waals surface area contributed by atoms with Gasteiger partial charge in [-0.3, -0.25) is 9.69 Å². The molecule has 29 heavy (non-hydrogen) atoms. The molecule has 1 heterocycles. The Morgan fingerprint density at radius 1 is 1.03 bits per heavy atom. The second kappa shape index (κ2) is 9.18. The molecule has 0 atom stereocenters. The van der Waals surface area contributed by atoms with Crippen LogP contribution in [0.1, 0.15) is 28.4 Å². The van der Waals surface area contributed by atoms with Gasteiger partial charge in [0, 0.05) is 44.8 Å². The third kappa shape index (κ3) is 5.21. The topological polar surface area (TPSA) is 93.5 Å². The minimum Gasteiger partial charge on any atom is -0.336 e. The number of carbonyl (C=O) groups excluding carboxylic acids is 1. The van der Waals surface area contributed by atoms with Crippen LogP contribution < -0.4 is 4.72 Å². The van der Waals surface area contributed by atoms with Crippen molar-refractivity contribution in [1.82, 2.24) is 14.5 Å². The summed E-state index contributed by atoms with van der Waals surface area (Å²) in [6.07, 6.45) is 0. The van der Waals surface area contributed by atoms with Crippen LogP contribution in [-0.4, -0.2) is 56.8 Å². The van der Waals surface area contributed by atoms with Gasteiger partial charge in [0.15, 0.2) is 0 Å². The van der Waals surface area contributed by atoms with Crippen molar-refractivity contribution < 1.29 is 13.2 Å². The van der Waals surface area contributed by atoms with Gasteiger partial charge in [0.25, 0.3) is 5.91 Å². The molecule has 3 rings (SSSR count). The Balaban J connectivity index is 1.56. The summed E-state index contributed by atoms with van der Waals surface area (Å²) < 4.78 is 26.5. The first-order valence-corrected chi connectivity index (χ1v) is 11.0. The molecule has 0 bridgehead atoms. The van der Waals surface area contributed by atoms with Gasteiger partial charge in [-0.25, -0.2) is 13.1 Å². The van der Waals surface area contributed by atoms with Crippen molar-refractivity contribution in [2.24, 2.45) is 0 Å². The fourth-order valence-electron chi connectivity index (χ4n) is 3.28. The third-order valence-corrected chi connectivity index (χ3v) is 6.46. The van der Waals surface area contributed by atoms with Gasteiger partial charge in [0.1, 0.15) is 0 Å². The summed E-state index contributed by atoms with van der Waals surface area (Å²) in [6.45, 7) is 5.58. The first kappa shape index (κ1) is 21.0. The number of piperazine rings is 1. The van der Waals surface area contributed by atoms with Crippen LogP contribution in [0.15, 0.2) is 53.4 Å². The van der Waals surface area contributed by atoms with E-state index in [1.165, 1.54) is 12.1 Å². The Kier molecular flexibility index (Phi) is 6.64. The lowest BCUT2D eigenvalue weighted by Gasteiger charge is -2.34. The van der Waals surface area contributed by atoms with Crippen LogP contribution in [0.25, 0.3) is 0 Å². The summed E-state index contributed by atoms with van der Waals surface area (Å²) in [5, 5.41) is 8.87. The summed E-state index contributed by atoms with van der Waals surface area (Å²) in [4.78, 5) is 17.0. The van der Waals surface area contributed by atoms with E-state index in [9.17, 15) is 13.2 Å². The van der Waals surface area contributed by atoms with Crippen LogP contribution in [0.2, 0.25) is 0 Å². The highest BCUT2D eigenvalue weighted by molar-refractivity contribution is 7.89. The average molecular weight is 413 g/mol. The molecule has 0 spiro atoms. The van der Waals surface area contributed by atoms with Crippen LogP contribution >= 0.6 is 0 Å². The largest absolute Gasteiger partial charge is 0.336 e. The molecule has 0 aromatic heterocycles. The molecule has 1 saturated heterocycles. The Hall–Kier alpha value is -2.73. The van der Waals surface area contributed by atoms with Crippen molar-refractivity contribution in [1.29, 1.82) is 5.26 Å². The molecular formula is C21H24N4O3S. The van der Waals surface area contributed by atoms with Gasteiger partial charge >= 0.3 is 0 Å². The number of hydrogen-bond donors (Lipinski definition) is 1. The number of sulfonamides is 1. The number of hydrogen-bond acceptors (Lipinski definition) is 5. The molecule has 2 aromatic carbocycles. The van der Waals surface area contributed by atoms with Crippen molar-refractivity contribution in [3.05, 3.63) is 65.2 Å². The summed E-state index contributed by atoms with van der Waals surface area (Å²) in [6, 6.07) is 15.7. The van der Waals surface area contributed by atoms with Crippen molar-refractivity contribution in [3.63, 3.8) is 0 Å². The highest BCUT2D eigenvalue weighted by Crippen LogP contribution is 2.15. The average Bonchev–Trinajstić information content (AvgIpc) is 2.74. The minimum absolute atomic E-state index is 0.0876. The summed E-state index contributed by atoms with van der Waals surface area (Å²) >= 11 is 0. The lowest BCUT2D eigenvalue weighted by atomic mass is 10.1. The Morgan fingerprint density at radius 3 is 2.21 bits per heavy atom. The van der Waals surface area contributed by atoms with E-state index in [4.69, 9.17) is 5.26 Å². The lowest BCUT2D eigenvalue weighted by Crippen LogP contribution is -2.48. The lowest BCUT2D eigenvalue weighted by molar-refractivity contribution is 0.0628. The predicted molar refractivity (Wildman–Crippen MR) is 110 cm³/mol. The molecule has 152 valence electrons. The van der Waals surface area contributed by atoms with Crippen molar-refractivity contribution in [2.45, 2.75) is 18.4 Å². The van der Waals surface area contributed by atoms with Crippen LogP contribution in [0, 0.1) is 11.3 Å². The molecule has 7 nitrogen and oxygen atoms in total. The van der Waals surface area contributed by atoms with Crippen LogP contribution in [0.4, 0.5) is 0 Å². The quantitative estimate of drug-likeness (QED) is 0.781. The predicted octanol–water partition coefficient (Wildman–Crippen LogP) is 1.81. The van der Waals surface area contributed by atoms with E-state index in [0.29, 0.717) is 30.8 Å². The molecule has 0 unspecified atom stereocenters. The van der Waals surface area contributed by atoms with Crippen LogP contribution in [0.5, 0.6) is 0 Å². The van der Waals surface area contributed by atoms with Gasteiger partial charge in [-0.15, -0.1) is 0 Å². The molecule has 0 radical (unpaired) electrons. The van der Waals surface area contributed by atoms with E-state index >= 15 is 0 Å². The van der Waals surface area contributed by atoms with Crippen LogP contribution in [-0.2, 0) is 16.6 Å². The number of carbonyl (C=O) groups is 1. The number of nitriles is 1. The number of nitrogens with one attached hydrogen (secondary N) is 1. The maximum atomic E-state index is 12.7.